The number of carbonyl (C=O) groups is 2. The molecule has 1 aromatic heterocycles. The van der Waals surface area contributed by atoms with E-state index in [0.717, 1.165) is 10.4 Å². The number of hydrogen-bond acceptors (Lipinski definition) is 5. The van der Waals surface area contributed by atoms with Gasteiger partial charge in [0, 0.05) is 16.0 Å². The van der Waals surface area contributed by atoms with Gasteiger partial charge in [-0.25, -0.2) is 10.9 Å². The van der Waals surface area contributed by atoms with Crippen molar-refractivity contribution < 1.29 is 14.8 Å². The van der Waals surface area contributed by atoms with Gasteiger partial charge in [0.25, 0.3) is 11.8 Å². The minimum absolute atomic E-state index is 0.184. The van der Waals surface area contributed by atoms with Crippen LogP contribution in [0, 0.1) is 6.92 Å². The summed E-state index contributed by atoms with van der Waals surface area (Å²) in [6.07, 6.45) is 1.57. The van der Waals surface area contributed by atoms with Gasteiger partial charge < -0.3 is 0 Å². The number of amides is 2. The molecule has 0 saturated heterocycles. The molecular formula is C14H13N3O3S. The molecule has 3 N–H and O–H groups in total. The number of thiophene rings is 1. The Balaban J connectivity index is 2.05. The van der Waals surface area contributed by atoms with Gasteiger partial charge in [0.2, 0.25) is 0 Å². The topological polar surface area (TPSA) is 90.8 Å². The molecule has 0 atom stereocenters. The highest BCUT2D eigenvalue weighted by molar-refractivity contribution is 7.11. The van der Waals surface area contributed by atoms with Gasteiger partial charge >= 0.3 is 0 Å². The van der Waals surface area contributed by atoms with Crippen LogP contribution in [0.5, 0.6) is 0 Å². The third-order valence-corrected chi connectivity index (χ3v) is 3.69. The molecule has 2 rings (SSSR count). The Morgan fingerprint density at radius 1 is 1.24 bits per heavy atom. The lowest BCUT2D eigenvalue weighted by molar-refractivity contribution is 0.0706. The Bertz CT molecular complexity index is 694. The molecule has 0 fully saturated rings. The van der Waals surface area contributed by atoms with Crippen molar-refractivity contribution in [1.82, 2.24) is 10.9 Å². The molecule has 7 heteroatoms. The molecule has 0 aliphatic heterocycles. The van der Waals surface area contributed by atoms with E-state index in [1.54, 1.807) is 18.3 Å². The van der Waals surface area contributed by atoms with Gasteiger partial charge in [-0.3, -0.25) is 14.8 Å². The van der Waals surface area contributed by atoms with E-state index < -0.39 is 11.8 Å². The second kappa shape index (κ2) is 6.78. The number of hydrogen-bond donors (Lipinski definition) is 3. The van der Waals surface area contributed by atoms with Gasteiger partial charge in [0.15, 0.2) is 0 Å². The Labute approximate surface area is 125 Å². The zero-order valence-corrected chi connectivity index (χ0v) is 12.0. The number of carbonyl (C=O) groups excluding carboxylic acids is 2. The molecular weight excluding hydrogens is 290 g/mol. The van der Waals surface area contributed by atoms with Crippen LogP contribution in [0.4, 0.5) is 0 Å². The third-order valence-electron chi connectivity index (χ3n) is 2.74. The predicted molar refractivity (Wildman–Crippen MR) is 79.8 cm³/mol. The van der Waals surface area contributed by atoms with Crippen LogP contribution in [0.25, 0.3) is 0 Å². The lowest BCUT2D eigenvalue weighted by Gasteiger charge is -2.02. The van der Waals surface area contributed by atoms with E-state index in [4.69, 9.17) is 5.21 Å². The highest BCUT2D eigenvalue weighted by Crippen LogP contribution is 2.12. The number of hydroxylamine groups is 1. The fraction of sp³-hybridized carbons (Fsp3) is 0.0714. The molecule has 2 aromatic rings. The summed E-state index contributed by atoms with van der Waals surface area (Å²) >= 11 is 1.53. The van der Waals surface area contributed by atoms with E-state index >= 15 is 0 Å². The number of nitrogens with zero attached hydrogens (tertiary/aromatic N) is 1. The maximum Gasteiger partial charge on any atom is 0.274 e. The molecule has 2 amide bonds. The first-order valence-electron chi connectivity index (χ1n) is 6.04. The van der Waals surface area contributed by atoms with Gasteiger partial charge in [0.1, 0.15) is 0 Å². The number of nitrogens with one attached hydrogen (secondary N) is 2. The summed E-state index contributed by atoms with van der Waals surface area (Å²) in [4.78, 5) is 24.1. The average Bonchev–Trinajstić information content (AvgIpc) is 2.92. The monoisotopic (exact) mass is 303 g/mol. The van der Waals surface area contributed by atoms with Crippen LogP contribution in [0.3, 0.4) is 0 Å². The van der Waals surface area contributed by atoms with E-state index in [-0.39, 0.29) is 11.1 Å². The molecule has 0 unspecified atom stereocenters. The normalized spacial score (nSPS) is 10.6. The molecule has 108 valence electrons. The summed E-state index contributed by atoms with van der Waals surface area (Å²) in [5.74, 6) is -1.12. The Kier molecular flexibility index (Phi) is 4.81. The maximum absolute atomic E-state index is 11.9. The second-order valence-electron chi connectivity index (χ2n) is 4.19. The summed E-state index contributed by atoms with van der Waals surface area (Å²) in [7, 11) is 0. The van der Waals surface area contributed by atoms with Crippen molar-refractivity contribution in [3.05, 3.63) is 57.3 Å². The molecule has 6 nitrogen and oxygen atoms in total. The van der Waals surface area contributed by atoms with Crippen molar-refractivity contribution in [3.63, 3.8) is 0 Å². The first-order chi connectivity index (χ1) is 10.1. The minimum Gasteiger partial charge on any atom is -0.288 e. The van der Waals surface area contributed by atoms with Crippen molar-refractivity contribution >= 4 is 29.4 Å². The van der Waals surface area contributed by atoms with Crippen molar-refractivity contribution in [2.24, 2.45) is 5.10 Å². The second-order valence-corrected chi connectivity index (χ2v) is 5.14. The lowest BCUT2D eigenvalue weighted by atomic mass is 10.1. The highest BCUT2D eigenvalue weighted by atomic mass is 32.1. The van der Waals surface area contributed by atoms with Crippen LogP contribution >= 0.6 is 11.3 Å². The van der Waals surface area contributed by atoms with Gasteiger partial charge in [-0.05, 0) is 42.1 Å². The summed E-state index contributed by atoms with van der Waals surface area (Å²) in [5.41, 5.74) is 5.45. The molecule has 0 spiro atoms. The standard InChI is InChI=1S/C14H13N3O3S/c1-9-5-6-21-12(9)8-15-16-13(18)10-3-2-4-11(7-10)14(19)17-20/h2-8,20H,1H3,(H,16,18)(H,17,19)/b15-8+. The van der Waals surface area contributed by atoms with Gasteiger partial charge in [-0.1, -0.05) is 6.07 Å². The first kappa shape index (κ1) is 14.9. The van der Waals surface area contributed by atoms with Crippen molar-refractivity contribution in [2.45, 2.75) is 6.92 Å². The zero-order chi connectivity index (χ0) is 15.2. The molecule has 0 saturated carbocycles. The summed E-state index contributed by atoms with van der Waals surface area (Å²) in [6.45, 7) is 1.96. The van der Waals surface area contributed by atoms with Crippen LogP contribution in [0.2, 0.25) is 0 Å². The molecule has 0 aliphatic rings. The number of hydrazone groups is 1. The zero-order valence-electron chi connectivity index (χ0n) is 11.2. The predicted octanol–water partition coefficient (Wildman–Crippen LogP) is 1.94. The van der Waals surface area contributed by atoms with Crippen LogP contribution in [0.1, 0.15) is 31.2 Å². The number of benzene rings is 1. The van der Waals surface area contributed by atoms with Gasteiger partial charge in [-0.2, -0.15) is 5.10 Å². The fourth-order valence-electron chi connectivity index (χ4n) is 1.60. The molecule has 0 bridgehead atoms. The summed E-state index contributed by atoms with van der Waals surface area (Å²) in [5, 5.41) is 14.4. The van der Waals surface area contributed by atoms with E-state index in [1.807, 2.05) is 18.4 Å². The Morgan fingerprint density at radius 3 is 2.57 bits per heavy atom. The summed E-state index contributed by atoms with van der Waals surface area (Å²) in [6, 6.07) is 7.92. The third kappa shape index (κ3) is 3.74. The SMILES string of the molecule is Cc1ccsc1/C=N/NC(=O)c1cccc(C(=O)NO)c1. The lowest BCUT2D eigenvalue weighted by Crippen LogP contribution is -2.21. The maximum atomic E-state index is 11.9. The number of aryl methyl sites for hydroxylation is 1. The van der Waals surface area contributed by atoms with E-state index in [1.165, 1.54) is 28.9 Å². The highest BCUT2D eigenvalue weighted by Gasteiger charge is 2.09. The molecule has 1 aromatic carbocycles. The molecule has 21 heavy (non-hydrogen) atoms. The van der Waals surface area contributed by atoms with Gasteiger partial charge in [-0.15, -0.1) is 11.3 Å². The van der Waals surface area contributed by atoms with Gasteiger partial charge in [0.05, 0.1) is 6.21 Å². The quantitative estimate of drug-likeness (QED) is 0.458. The van der Waals surface area contributed by atoms with Crippen LogP contribution in [-0.4, -0.2) is 23.2 Å². The van der Waals surface area contributed by atoms with Crippen molar-refractivity contribution in [2.75, 3.05) is 0 Å². The van der Waals surface area contributed by atoms with Crippen LogP contribution in [-0.2, 0) is 0 Å². The minimum atomic E-state index is -0.678. The van der Waals surface area contributed by atoms with Crippen molar-refractivity contribution in [3.8, 4) is 0 Å². The van der Waals surface area contributed by atoms with Crippen molar-refractivity contribution in [1.29, 1.82) is 0 Å². The smallest absolute Gasteiger partial charge is 0.274 e. The summed E-state index contributed by atoms with van der Waals surface area (Å²) < 4.78 is 0. The molecule has 0 radical (unpaired) electrons. The van der Waals surface area contributed by atoms with Crippen LogP contribution < -0.4 is 10.9 Å². The average molecular weight is 303 g/mol. The van der Waals surface area contributed by atoms with Crippen LogP contribution in [0.15, 0.2) is 40.8 Å². The first-order valence-corrected chi connectivity index (χ1v) is 6.92. The number of rotatable bonds is 4. The van der Waals surface area contributed by atoms with E-state index in [0.29, 0.717) is 0 Å². The molecule has 0 aliphatic carbocycles. The van der Waals surface area contributed by atoms with E-state index in [2.05, 4.69) is 10.5 Å². The Morgan fingerprint density at radius 2 is 1.95 bits per heavy atom. The molecule has 1 heterocycles. The largest absolute Gasteiger partial charge is 0.288 e. The fourth-order valence-corrected chi connectivity index (χ4v) is 2.38. The Hall–Kier alpha value is -2.51. The van der Waals surface area contributed by atoms with E-state index in [9.17, 15) is 9.59 Å².